The van der Waals surface area contributed by atoms with Crippen LogP contribution in [0.5, 0.6) is 0 Å². The summed E-state index contributed by atoms with van der Waals surface area (Å²) in [4.78, 5) is 23.5. The molecule has 0 aliphatic carbocycles. The van der Waals surface area contributed by atoms with Crippen LogP contribution in [0.2, 0.25) is 0 Å². The van der Waals surface area contributed by atoms with E-state index in [-0.39, 0.29) is 0 Å². The van der Waals surface area contributed by atoms with Crippen molar-refractivity contribution in [1.82, 2.24) is 19.9 Å². The van der Waals surface area contributed by atoms with E-state index in [0.717, 1.165) is 72.7 Å². The molecule has 1 saturated heterocycles. The monoisotopic (exact) mass is 425 g/mol. The molecule has 7 heteroatoms. The van der Waals surface area contributed by atoms with Gasteiger partial charge in [0.15, 0.2) is 0 Å². The summed E-state index contributed by atoms with van der Waals surface area (Å²) in [5.74, 6) is 2.45. The van der Waals surface area contributed by atoms with E-state index in [4.69, 9.17) is 9.97 Å². The number of aromatic nitrogens is 4. The fourth-order valence-corrected chi connectivity index (χ4v) is 4.08. The molecule has 32 heavy (non-hydrogen) atoms. The molecule has 0 bridgehead atoms. The number of nitrogens with zero attached hydrogens (tertiary/aromatic N) is 6. The quantitative estimate of drug-likeness (QED) is 0.519. The summed E-state index contributed by atoms with van der Waals surface area (Å²) in [7, 11) is 0. The SMILES string of the molecule is Cc1cc(C)nc(N2CCN(c3nc(NCc4ccccc4)c4ccccc4n3)CC2)n1. The van der Waals surface area contributed by atoms with Gasteiger partial charge in [0.25, 0.3) is 0 Å². The Bertz CT molecular complexity index is 1200. The molecule has 0 atom stereocenters. The predicted molar refractivity (Wildman–Crippen MR) is 129 cm³/mol. The smallest absolute Gasteiger partial charge is 0.228 e. The Kier molecular flexibility index (Phi) is 5.54. The van der Waals surface area contributed by atoms with Crippen molar-refractivity contribution in [1.29, 1.82) is 0 Å². The second-order valence-electron chi connectivity index (χ2n) is 8.15. The van der Waals surface area contributed by atoms with Crippen molar-refractivity contribution in [2.45, 2.75) is 20.4 Å². The molecule has 0 unspecified atom stereocenters. The first kappa shape index (κ1) is 20.2. The number of benzene rings is 2. The molecule has 7 nitrogen and oxygen atoms in total. The van der Waals surface area contributed by atoms with E-state index in [2.05, 4.69) is 55.4 Å². The highest BCUT2D eigenvalue weighted by molar-refractivity contribution is 5.90. The Morgan fingerprint density at radius 3 is 2.00 bits per heavy atom. The Labute approximate surface area is 188 Å². The zero-order valence-corrected chi connectivity index (χ0v) is 18.5. The molecule has 1 N–H and O–H groups in total. The van der Waals surface area contributed by atoms with Crippen LogP contribution in [-0.2, 0) is 6.54 Å². The third kappa shape index (κ3) is 4.32. The first-order valence-electron chi connectivity index (χ1n) is 11.0. The molecule has 0 amide bonds. The van der Waals surface area contributed by atoms with Crippen LogP contribution in [0.3, 0.4) is 0 Å². The molecule has 0 spiro atoms. The molecular weight excluding hydrogens is 398 g/mol. The molecule has 162 valence electrons. The minimum atomic E-state index is 0.721. The van der Waals surface area contributed by atoms with Crippen LogP contribution < -0.4 is 15.1 Å². The van der Waals surface area contributed by atoms with Crippen LogP contribution in [0, 0.1) is 13.8 Å². The maximum atomic E-state index is 4.92. The zero-order valence-electron chi connectivity index (χ0n) is 18.5. The lowest BCUT2D eigenvalue weighted by atomic mass is 10.2. The van der Waals surface area contributed by atoms with Gasteiger partial charge in [-0.25, -0.2) is 15.0 Å². The van der Waals surface area contributed by atoms with Gasteiger partial charge >= 0.3 is 0 Å². The molecule has 1 aliphatic heterocycles. The van der Waals surface area contributed by atoms with Crippen LogP contribution in [-0.4, -0.2) is 46.1 Å². The minimum Gasteiger partial charge on any atom is -0.365 e. The molecule has 2 aromatic heterocycles. The third-order valence-electron chi connectivity index (χ3n) is 5.71. The summed E-state index contributed by atoms with van der Waals surface area (Å²) in [6.07, 6.45) is 0. The maximum absolute atomic E-state index is 4.92. The first-order valence-corrected chi connectivity index (χ1v) is 11.0. The van der Waals surface area contributed by atoms with Gasteiger partial charge in [-0.3, -0.25) is 0 Å². The van der Waals surface area contributed by atoms with Crippen molar-refractivity contribution in [2.24, 2.45) is 0 Å². The summed E-state index contributed by atoms with van der Waals surface area (Å²) in [6.45, 7) is 8.08. The van der Waals surface area contributed by atoms with Crippen molar-refractivity contribution in [3.05, 3.63) is 77.6 Å². The second-order valence-corrected chi connectivity index (χ2v) is 8.15. The van der Waals surface area contributed by atoms with Gasteiger partial charge in [-0.1, -0.05) is 42.5 Å². The second kappa shape index (κ2) is 8.78. The average Bonchev–Trinajstić information content (AvgIpc) is 2.82. The lowest BCUT2D eigenvalue weighted by molar-refractivity contribution is 0.627. The van der Waals surface area contributed by atoms with Gasteiger partial charge < -0.3 is 15.1 Å². The van der Waals surface area contributed by atoms with Crippen molar-refractivity contribution < 1.29 is 0 Å². The van der Waals surface area contributed by atoms with Gasteiger partial charge in [0.2, 0.25) is 11.9 Å². The number of aryl methyl sites for hydroxylation is 2. The Morgan fingerprint density at radius 1 is 0.719 bits per heavy atom. The molecule has 4 aromatic rings. The van der Waals surface area contributed by atoms with Crippen LogP contribution in [0.1, 0.15) is 17.0 Å². The number of anilines is 3. The van der Waals surface area contributed by atoms with E-state index in [1.165, 1.54) is 5.56 Å². The lowest BCUT2D eigenvalue weighted by Gasteiger charge is -2.35. The zero-order chi connectivity index (χ0) is 21.9. The maximum Gasteiger partial charge on any atom is 0.228 e. The number of rotatable bonds is 5. The summed E-state index contributed by atoms with van der Waals surface area (Å²) in [6, 6.07) is 20.6. The van der Waals surface area contributed by atoms with Gasteiger partial charge in [0.1, 0.15) is 5.82 Å². The topological polar surface area (TPSA) is 70.1 Å². The van der Waals surface area contributed by atoms with Gasteiger partial charge in [-0.15, -0.1) is 0 Å². The highest BCUT2D eigenvalue weighted by atomic mass is 15.4. The molecule has 5 rings (SSSR count). The molecule has 0 radical (unpaired) electrons. The van der Waals surface area contributed by atoms with Crippen LogP contribution in [0.25, 0.3) is 10.9 Å². The highest BCUT2D eigenvalue weighted by Gasteiger charge is 2.22. The summed E-state index contributed by atoms with van der Waals surface area (Å²) >= 11 is 0. The molecule has 3 heterocycles. The first-order chi connectivity index (χ1) is 15.7. The third-order valence-corrected chi connectivity index (χ3v) is 5.71. The van der Waals surface area contributed by atoms with Crippen molar-refractivity contribution in [3.8, 4) is 0 Å². The summed E-state index contributed by atoms with van der Waals surface area (Å²) < 4.78 is 0. The standard InChI is InChI=1S/C25H27N7/c1-18-16-19(2)28-24(27-18)31-12-14-32(15-13-31)25-29-22-11-7-6-10-21(22)23(30-25)26-17-20-8-4-3-5-9-20/h3-11,16H,12-15,17H2,1-2H3,(H,26,29,30). The van der Waals surface area contributed by atoms with Gasteiger partial charge in [0.05, 0.1) is 5.52 Å². The normalized spacial score (nSPS) is 14.1. The molecule has 2 aromatic carbocycles. The number of hydrogen-bond acceptors (Lipinski definition) is 7. The predicted octanol–water partition coefficient (Wildman–Crippen LogP) is 3.98. The molecule has 1 fully saturated rings. The molecule has 1 aliphatic rings. The Morgan fingerprint density at radius 2 is 1.31 bits per heavy atom. The summed E-state index contributed by atoms with van der Waals surface area (Å²) in [5.41, 5.74) is 4.18. The van der Waals surface area contributed by atoms with E-state index in [9.17, 15) is 0 Å². The Hall–Kier alpha value is -3.74. The van der Waals surface area contributed by atoms with Crippen molar-refractivity contribution >= 4 is 28.6 Å². The van der Waals surface area contributed by atoms with E-state index in [1.807, 2.05) is 44.2 Å². The van der Waals surface area contributed by atoms with Crippen LogP contribution in [0.4, 0.5) is 17.7 Å². The van der Waals surface area contributed by atoms with Crippen LogP contribution >= 0.6 is 0 Å². The number of para-hydroxylation sites is 1. The van der Waals surface area contributed by atoms with E-state index in [0.29, 0.717) is 0 Å². The highest BCUT2D eigenvalue weighted by Crippen LogP contribution is 2.25. The van der Waals surface area contributed by atoms with Gasteiger partial charge in [0, 0.05) is 49.5 Å². The van der Waals surface area contributed by atoms with Crippen molar-refractivity contribution in [3.63, 3.8) is 0 Å². The molecule has 0 saturated carbocycles. The van der Waals surface area contributed by atoms with Gasteiger partial charge in [-0.05, 0) is 37.6 Å². The average molecular weight is 426 g/mol. The van der Waals surface area contributed by atoms with E-state index in [1.54, 1.807) is 0 Å². The summed E-state index contributed by atoms with van der Waals surface area (Å²) in [5, 5.41) is 4.56. The van der Waals surface area contributed by atoms with E-state index < -0.39 is 0 Å². The van der Waals surface area contributed by atoms with Gasteiger partial charge in [-0.2, -0.15) is 4.98 Å². The lowest BCUT2D eigenvalue weighted by Crippen LogP contribution is -2.47. The number of nitrogens with one attached hydrogen (secondary N) is 1. The number of hydrogen-bond donors (Lipinski definition) is 1. The minimum absolute atomic E-state index is 0.721. The largest absolute Gasteiger partial charge is 0.365 e. The number of fused-ring (bicyclic) bond motifs is 1. The fourth-order valence-electron chi connectivity index (χ4n) is 4.08. The molecular formula is C25H27N7. The Balaban J connectivity index is 1.36. The number of piperazine rings is 1. The van der Waals surface area contributed by atoms with Crippen molar-refractivity contribution in [2.75, 3.05) is 41.3 Å². The van der Waals surface area contributed by atoms with E-state index >= 15 is 0 Å². The fraction of sp³-hybridized carbons (Fsp3) is 0.280. The van der Waals surface area contributed by atoms with Crippen LogP contribution in [0.15, 0.2) is 60.7 Å².